The SMILES string of the molecule is C=CC(=O)N1CC(N2CCC(c3cc(C)c4c(c3)Nc3ncnc(N5CCC(S(C)(=O)=O)C5)c3CO4)CC2)C1. The first-order chi connectivity index (χ1) is 18.7. The molecule has 6 rings (SSSR count). The first kappa shape index (κ1) is 26.1. The van der Waals surface area contributed by atoms with E-state index in [2.05, 4.69) is 45.8 Å². The van der Waals surface area contributed by atoms with Crippen molar-refractivity contribution in [2.45, 2.75) is 50.0 Å². The molecule has 1 aromatic carbocycles. The summed E-state index contributed by atoms with van der Waals surface area (Å²) in [5, 5.41) is 3.14. The number of ether oxygens (including phenoxy) is 1. The number of hydrogen-bond donors (Lipinski definition) is 1. The Balaban J connectivity index is 1.16. The summed E-state index contributed by atoms with van der Waals surface area (Å²) in [6.45, 7) is 10.7. The minimum Gasteiger partial charge on any atom is -0.486 e. The fourth-order valence-electron chi connectivity index (χ4n) is 6.37. The van der Waals surface area contributed by atoms with E-state index >= 15 is 0 Å². The normalized spacial score (nSPS) is 22.3. The third-order valence-electron chi connectivity index (χ3n) is 8.75. The zero-order valence-corrected chi connectivity index (χ0v) is 23.4. The average Bonchev–Trinajstić information content (AvgIpc) is 3.31. The number of rotatable bonds is 5. The molecule has 1 amide bonds. The average molecular weight is 553 g/mol. The number of likely N-dealkylation sites (tertiary alicyclic amines) is 2. The van der Waals surface area contributed by atoms with Crippen molar-refractivity contribution in [3.8, 4) is 5.75 Å². The summed E-state index contributed by atoms with van der Waals surface area (Å²) in [4.78, 5) is 27.3. The number of sulfone groups is 1. The Bertz CT molecular complexity index is 1400. The van der Waals surface area contributed by atoms with Crippen LogP contribution in [0.1, 0.15) is 41.9 Å². The van der Waals surface area contributed by atoms with Crippen molar-refractivity contribution >= 4 is 33.1 Å². The van der Waals surface area contributed by atoms with E-state index in [0.29, 0.717) is 43.9 Å². The minimum absolute atomic E-state index is 0.0220. The van der Waals surface area contributed by atoms with E-state index < -0.39 is 9.84 Å². The first-order valence-corrected chi connectivity index (χ1v) is 15.6. The van der Waals surface area contributed by atoms with Crippen LogP contribution in [0, 0.1) is 6.92 Å². The summed E-state index contributed by atoms with van der Waals surface area (Å²) >= 11 is 0. The number of anilines is 3. The molecule has 1 aromatic heterocycles. The van der Waals surface area contributed by atoms with Crippen LogP contribution in [0.4, 0.5) is 17.3 Å². The van der Waals surface area contributed by atoms with Gasteiger partial charge in [-0.2, -0.15) is 0 Å². The topological polar surface area (TPSA) is 108 Å². The summed E-state index contributed by atoms with van der Waals surface area (Å²) < 4.78 is 30.5. The standard InChI is InChI=1S/C28H36N6O4S/c1-4-25(35)34-13-21(14-34)32-8-5-19(6-9-32)20-11-18(2)26-24(12-20)31-27-23(16-38-26)28(30-17-29-27)33-10-7-22(15-33)39(3,36)37/h4,11-12,17,19,21-22H,1,5-10,13-16H2,2-3H3,(H,29,30,31). The highest BCUT2D eigenvalue weighted by Crippen LogP contribution is 2.42. The van der Waals surface area contributed by atoms with Crippen molar-refractivity contribution in [2.75, 3.05) is 55.7 Å². The van der Waals surface area contributed by atoms with Crippen LogP contribution < -0.4 is 15.0 Å². The Kier molecular flexibility index (Phi) is 6.74. The zero-order valence-electron chi connectivity index (χ0n) is 22.6. The number of carbonyl (C=O) groups excluding carboxylic acids is 1. The van der Waals surface area contributed by atoms with Gasteiger partial charge >= 0.3 is 0 Å². The van der Waals surface area contributed by atoms with Crippen LogP contribution in [0.2, 0.25) is 0 Å². The molecule has 1 unspecified atom stereocenters. The number of aryl methyl sites for hydroxylation is 1. The van der Waals surface area contributed by atoms with Crippen molar-refractivity contribution in [3.63, 3.8) is 0 Å². The molecule has 3 fully saturated rings. The van der Waals surface area contributed by atoms with Gasteiger partial charge in [0.15, 0.2) is 9.84 Å². The number of hydrogen-bond acceptors (Lipinski definition) is 9. The Labute approximate surface area is 230 Å². The largest absolute Gasteiger partial charge is 0.486 e. The molecule has 0 radical (unpaired) electrons. The highest BCUT2D eigenvalue weighted by Gasteiger charge is 2.36. The molecule has 2 aromatic rings. The van der Waals surface area contributed by atoms with Crippen LogP contribution in [-0.4, -0.2) is 90.9 Å². The third-order valence-corrected chi connectivity index (χ3v) is 10.3. The molecular formula is C28H36N6O4S. The van der Waals surface area contributed by atoms with Gasteiger partial charge in [0.2, 0.25) is 5.91 Å². The molecule has 4 aliphatic rings. The molecule has 1 atom stereocenters. The first-order valence-electron chi connectivity index (χ1n) is 13.7. The Morgan fingerprint density at radius 1 is 1.13 bits per heavy atom. The number of fused-ring (bicyclic) bond motifs is 2. The molecule has 0 saturated carbocycles. The van der Waals surface area contributed by atoms with Crippen LogP contribution in [0.5, 0.6) is 5.75 Å². The molecule has 5 heterocycles. The van der Waals surface area contributed by atoms with Crippen molar-refractivity contribution in [1.29, 1.82) is 0 Å². The summed E-state index contributed by atoms with van der Waals surface area (Å²) in [7, 11) is -3.10. The fourth-order valence-corrected chi connectivity index (χ4v) is 7.36. The quantitative estimate of drug-likeness (QED) is 0.560. The van der Waals surface area contributed by atoms with E-state index in [1.807, 2.05) is 9.80 Å². The zero-order chi connectivity index (χ0) is 27.3. The molecule has 39 heavy (non-hydrogen) atoms. The molecule has 0 bridgehead atoms. The van der Waals surface area contributed by atoms with Gasteiger partial charge in [-0.1, -0.05) is 12.6 Å². The Morgan fingerprint density at radius 3 is 2.59 bits per heavy atom. The van der Waals surface area contributed by atoms with E-state index in [1.54, 1.807) is 0 Å². The van der Waals surface area contributed by atoms with Crippen LogP contribution in [-0.2, 0) is 21.2 Å². The van der Waals surface area contributed by atoms with Gasteiger partial charge in [0.25, 0.3) is 0 Å². The highest BCUT2D eigenvalue weighted by molar-refractivity contribution is 7.91. The highest BCUT2D eigenvalue weighted by atomic mass is 32.2. The minimum atomic E-state index is -3.10. The molecule has 208 valence electrons. The molecule has 11 heteroatoms. The smallest absolute Gasteiger partial charge is 0.246 e. The maximum absolute atomic E-state index is 12.1. The second kappa shape index (κ2) is 10.1. The Hall–Kier alpha value is -3.18. The summed E-state index contributed by atoms with van der Waals surface area (Å²) in [6, 6.07) is 4.89. The summed E-state index contributed by atoms with van der Waals surface area (Å²) in [6.07, 6.45) is 6.98. The predicted octanol–water partition coefficient (Wildman–Crippen LogP) is 2.62. The van der Waals surface area contributed by atoms with Crippen LogP contribution in [0.25, 0.3) is 0 Å². The second-order valence-electron chi connectivity index (χ2n) is 11.3. The van der Waals surface area contributed by atoms with E-state index in [9.17, 15) is 13.2 Å². The van der Waals surface area contributed by atoms with Crippen molar-refractivity contribution in [2.24, 2.45) is 0 Å². The molecule has 4 aliphatic heterocycles. The van der Waals surface area contributed by atoms with Gasteiger partial charge in [-0.05, 0) is 68.5 Å². The predicted molar refractivity (Wildman–Crippen MR) is 150 cm³/mol. The number of nitrogens with zero attached hydrogens (tertiary/aromatic N) is 5. The van der Waals surface area contributed by atoms with Crippen LogP contribution in [0.3, 0.4) is 0 Å². The van der Waals surface area contributed by atoms with Gasteiger partial charge in [0, 0.05) is 38.5 Å². The van der Waals surface area contributed by atoms with E-state index in [4.69, 9.17) is 4.74 Å². The van der Waals surface area contributed by atoms with Gasteiger partial charge in [0.1, 0.15) is 30.3 Å². The molecular weight excluding hydrogens is 516 g/mol. The van der Waals surface area contributed by atoms with Crippen molar-refractivity contribution in [1.82, 2.24) is 19.8 Å². The van der Waals surface area contributed by atoms with Crippen LogP contribution in [0.15, 0.2) is 31.1 Å². The van der Waals surface area contributed by atoms with Gasteiger partial charge in [-0.15, -0.1) is 0 Å². The lowest BCUT2D eigenvalue weighted by Gasteiger charge is -2.47. The molecule has 0 spiro atoms. The number of nitrogens with one attached hydrogen (secondary N) is 1. The monoisotopic (exact) mass is 552 g/mol. The van der Waals surface area contributed by atoms with E-state index in [1.165, 1.54) is 24.2 Å². The molecule has 0 aliphatic carbocycles. The lowest BCUT2D eigenvalue weighted by atomic mass is 9.87. The molecule has 10 nitrogen and oxygen atoms in total. The van der Waals surface area contributed by atoms with Gasteiger partial charge in [-0.3, -0.25) is 9.69 Å². The van der Waals surface area contributed by atoms with E-state index in [0.717, 1.165) is 67.4 Å². The summed E-state index contributed by atoms with van der Waals surface area (Å²) in [5.41, 5.74) is 4.13. The number of amides is 1. The number of benzene rings is 1. The maximum atomic E-state index is 12.1. The second-order valence-corrected chi connectivity index (χ2v) is 13.6. The number of aromatic nitrogens is 2. The maximum Gasteiger partial charge on any atom is 0.246 e. The lowest BCUT2D eigenvalue weighted by Crippen LogP contribution is -2.61. The van der Waals surface area contributed by atoms with Gasteiger partial charge in [-0.25, -0.2) is 18.4 Å². The van der Waals surface area contributed by atoms with Crippen molar-refractivity contribution in [3.05, 3.63) is 47.8 Å². The van der Waals surface area contributed by atoms with Crippen LogP contribution >= 0.6 is 0 Å². The van der Waals surface area contributed by atoms with Gasteiger partial charge < -0.3 is 19.9 Å². The third kappa shape index (κ3) is 4.98. The molecule has 1 N–H and O–H groups in total. The molecule has 3 saturated heterocycles. The van der Waals surface area contributed by atoms with Gasteiger partial charge in [0.05, 0.1) is 16.5 Å². The van der Waals surface area contributed by atoms with E-state index in [-0.39, 0.29) is 11.2 Å². The summed E-state index contributed by atoms with van der Waals surface area (Å²) in [5.74, 6) is 2.74. The lowest BCUT2D eigenvalue weighted by molar-refractivity contribution is -0.133. The number of carbonyl (C=O) groups is 1. The van der Waals surface area contributed by atoms with Crippen molar-refractivity contribution < 1.29 is 17.9 Å². The fraction of sp³-hybridized carbons (Fsp3) is 0.536. The number of piperidine rings is 1. The Morgan fingerprint density at radius 2 is 1.90 bits per heavy atom.